The molecule has 3 unspecified atom stereocenters. The minimum Gasteiger partial charge on any atom is -0.462 e. The molecule has 110 heavy (non-hydrogen) atoms. The third kappa shape index (κ3) is 82.6. The molecular weight excluding hydrogens is 1430 g/mol. The van der Waals surface area contributed by atoms with Gasteiger partial charge in [-0.05, 0) is 43.4 Å². The second-order valence-electron chi connectivity index (χ2n) is 33.9. The highest BCUT2D eigenvalue weighted by molar-refractivity contribution is 7.47. The maximum atomic E-state index is 13.2. The van der Waals surface area contributed by atoms with E-state index in [1.807, 2.05) is 0 Å². The van der Waals surface area contributed by atoms with E-state index in [1.54, 1.807) is 0 Å². The number of hydrogen-bond acceptors (Lipinski definition) is 15. The Morgan fingerprint density at radius 3 is 0.691 bits per heavy atom. The van der Waals surface area contributed by atoms with Crippen molar-refractivity contribution in [2.24, 2.45) is 17.8 Å². The molecule has 0 fully saturated rings. The summed E-state index contributed by atoms with van der Waals surface area (Å²) in [5, 5.41) is 10.7. The molecule has 0 amide bonds. The van der Waals surface area contributed by atoms with Crippen LogP contribution in [0.5, 0.6) is 0 Å². The van der Waals surface area contributed by atoms with Crippen molar-refractivity contribution in [1.29, 1.82) is 0 Å². The smallest absolute Gasteiger partial charge is 0.462 e. The topological polar surface area (TPSA) is 237 Å². The highest BCUT2D eigenvalue weighted by atomic mass is 31.2. The third-order valence-electron chi connectivity index (χ3n) is 21.7. The molecule has 0 bridgehead atoms. The predicted octanol–water partition coefficient (Wildman–Crippen LogP) is 28.0. The SMILES string of the molecule is CCCCCCCCCCCCCCCCCCCCCCCCC(=O)OC[C@H](COP(=O)(O)OC[C@@H](O)COP(=O)(O)OC[C@@H](COC(=O)CCCCCCCCCCCC(C)C)OC(=O)CCCCCCCCCCCCCC(C)C)OC(=O)CCCCCCCCCCCCCCCCCCCCC(C)CC. The molecule has 0 spiro atoms. The summed E-state index contributed by atoms with van der Waals surface area (Å²) in [5.41, 5.74) is 0. The normalized spacial score (nSPS) is 14.0. The molecule has 0 aliphatic heterocycles. The molecule has 19 heteroatoms. The van der Waals surface area contributed by atoms with Gasteiger partial charge in [-0.15, -0.1) is 0 Å². The number of phosphoric ester groups is 2. The van der Waals surface area contributed by atoms with Gasteiger partial charge in [0.1, 0.15) is 19.3 Å². The van der Waals surface area contributed by atoms with Crippen LogP contribution in [0.15, 0.2) is 0 Å². The first-order valence-electron chi connectivity index (χ1n) is 46.9. The first kappa shape index (κ1) is 108. The highest BCUT2D eigenvalue weighted by Crippen LogP contribution is 2.45. The number of phosphoric acid groups is 2. The van der Waals surface area contributed by atoms with Crippen LogP contribution >= 0.6 is 15.6 Å². The van der Waals surface area contributed by atoms with E-state index in [4.69, 9.17) is 37.0 Å². The summed E-state index contributed by atoms with van der Waals surface area (Å²) in [5.74, 6) is 0.279. The molecule has 3 N–H and O–H groups in total. The van der Waals surface area contributed by atoms with Crippen LogP contribution in [-0.2, 0) is 65.4 Å². The number of aliphatic hydroxyl groups excluding tert-OH is 1. The zero-order chi connectivity index (χ0) is 80.8. The van der Waals surface area contributed by atoms with Crippen LogP contribution in [0.3, 0.4) is 0 Å². The number of carbonyl (C=O) groups excluding carboxylic acids is 4. The lowest BCUT2D eigenvalue weighted by atomic mass is 9.99. The second-order valence-corrected chi connectivity index (χ2v) is 36.8. The number of hydrogen-bond donors (Lipinski definition) is 3. The fourth-order valence-electron chi connectivity index (χ4n) is 14.2. The average Bonchev–Trinajstić information content (AvgIpc) is 0.899. The lowest BCUT2D eigenvalue weighted by Gasteiger charge is -2.21. The Hall–Kier alpha value is -1.94. The second kappa shape index (κ2) is 80.8. The van der Waals surface area contributed by atoms with Crippen molar-refractivity contribution in [3.05, 3.63) is 0 Å². The van der Waals surface area contributed by atoms with Crippen molar-refractivity contribution in [1.82, 2.24) is 0 Å². The van der Waals surface area contributed by atoms with Gasteiger partial charge in [-0.3, -0.25) is 37.3 Å². The fraction of sp³-hybridized carbons (Fsp3) is 0.956. The van der Waals surface area contributed by atoms with Gasteiger partial charge in [0.2, 0.25) is 0 Å². The van der Waals surface area contributed by atoms with Crippen molar-refractivity contribution in [3.8, 4) is 0 Å². The van der Waals surface area contributed by atoms with Crippen LogP contribution < -0.4 is 0 Å². The van der Waals surface area contributed by atoms with E-state index in [0.29, 0.717) is 25.7 Å². The standard InChI is InChI=1S/C91H178O17P2/c1-8-10-11-12-13-14-15-16-17-18-19-20-21-22-26-29-32-37-44-51-58-65-72-88(93)101-78-86(107-90(95)74-67-60-53-45-38-33-30-27-24-23-25-28-31-36-43-50-57-64-71-84(7)9-2)80-105-109(97,98)103-76-85(92)77-104-110(99,100)106-81-87(79-102-89(94)73-66-59-52-47-40-42-49-56-63-70-83(5)6)108-91(96)75-68-61-54-46-39-34-35-41-48-55-62-69-82(3)4/h82-87,92H,8-81H2,1-7H3,(H,97,98)(H,99,100)/t84?,85-,86-,87-/m1/s1. The summed E-state index contributed by atoms with van der Waals surface area (Å²) < 4.78 is 69.0. The summed E-state index contributed by atoms with van der Waals surface area (Å²) in [7, 11) is -9.94. The van der Waals surface area contributed by atoms with Crippen LogP contribution in [0, 0.1) is 17.8 Å². The quantitative estimate of drug-likeness (QED) is 0.0222. The summed E-state index contributed by atoms with van der Waals surface area (Å²) in [4.78, 5) is 73.4. The van der Waals surface area contributed by atoms with Crippen LogP contribution in [0.4, 0.5) is 0 Å². The molecule has 0 heterocycles. The molecule has 0 aliphatic rings. The first-order chi connectivity index (χ1) is 53.3. The maximum Gasteiger partial charge on any atom is 0.472 e. The molecule has 0 aliphatic carbocycles. The molecule has 654 valence electrons. The fourth-order valence-corrected chi connectivity index (χ4v) is 15.8. The van der Waals surface area contributed by atoms with Gasteiger partial charge in [0.25, 0.3) is 0 Å². The third-order valence-corrected chi connectivity index (χ3v) is 23.6. The minimum atomic E-state index is -4.97. The molecule has 6 atom stereocenters. The van der Waals surface area contributed by atoms with Gasteiger partial charge in [-0.25, -0.2) is 9.13 Å². The number of rotatable bonds is 89. The summed E-state index contributed by atoms with van der Waals surface area (Å²) in [6.45, 7) is 12.0. The van der Waals surface area contributed by atoms with E-state index in [9.17, 15) is 43.2 Å². The van der Waals surface area contributed by atoms with E-state index in [1.165, 1.54) is 295 Å². The summed E-state index contributed by atoms with van der Waals surface area (Å²) >= 11 is 0. The van der Waals surface area contributed by atoms with E-state index in [0.717, 1.165) is 108 Å². The molecular formula is C91H178O17P2. The lowest BCUT2D eigenvalue weighted by molar-refractivity contribution is -0.161. The minimum absolute atomic E-state index is 0.106. The van der Waals surface area contributed by atoms with Crippen molar-refractivity contribution in [3.63, 3.8) is 0 Å². The van der Waals surface area contributed by atoms with E-state index < -0.39 is 97.5 Å². The van der Waals surface area contributed by atoms with Crippen molar-refractivity contribution >= 4 is 39.5 Å². The van der Waals surface area contributed by atoms with E-state index >= 15 is 0 Å². The number of unbranched alkanes of at least 4 members (excludes halogenated alkanes) is 56. The Morgan fingerprint density at radius 1 is 0.264 bits per heavy atom. The largest absolute Gasteiger partial charge is 0.472 e. The van der Waals surface area contributed by atoms with Gasteiger partial charge in [0.15, 0.2) is 12.2 Å². The molecule has 0 aromatic rings. The number of ether oxygens (including phenoxy) is 4. The molecule has 0 saturated carbocycles. The predicted molar refractivity (Wildman–Crippen MR) is 455 cm³/mol. The van der Waals surface area contributed by atoms with Crippen molar-refractivity contribution in [2.45, 2.75) is 503 Å². The Balaban J connectivity index is 5.23. The van der Waals surface area contributed by atoms with Crippen LogP contribution in [0.2, 0.25) is 0 Å². The maximum absolute atomic E-state index is 13.2. The number of esters is 4. The van der Waals surface area contributed by atoms with Gasteiger partial charge in [0.05, 0.1) is 26.4 Å². The molecule has 0 saturated heterocycles. The Labute approximate surface area is 677 Å². The number of aliphatic hydroxyl groups is 1. The highest BCUT2D eigenvalue weighted by Gasteiger charge is 2.31. The number of carbonyl (C=O) groups is 4. The van der Waals surface area contributed by atoms with E-state index in [-0.39, 0.29) is 25.7 Å². The first-order valence-corrected chi connectivity index (χ1v) is 49.9. The van der Waals surface area contributed by atoms with Gasteiger partial charge in [-0.2, -0.15) is 0 Å². The molecule has 0 aromatic carbocycles. The van der Waals surface area contributed by atoms with Gasteiger partial charge >= 0.3 is 39.5 Å². The zero-order valence-electron chi connectivity index (χ0n) is 72.7. The lowest BCUT2D eigenvalue weighted by Crippen LogP contribution is -2.30. The summed E-state index contributed by atoms with van der Waals surface area (Å²) in [6.07, 6.45) is 73.8. The molecule has 17 nitrogen and oxygen atoms in total. The van der Waals surface area contributed by atoms with Gasteiger partial charge < -0.3 is 33.8 Å². The Kier molecular flexibility index (Phi) is 79.4. The monoisotopic (exact) mass is 1610 g/mol. The van der Waals surface area contributed by atoms with Crippen molar-refractivity contribution < 1.29 is 80.2 Å². The van der Waals surface area contributed by atoms with Gasteiger partial charge in [0, 0.05) is 25.7 Å². The summed E-state index contributed by atoms with van der Waals surface area (Å²) in [6, 6.07) is 0. The van der Waals surface area contributed by atoms with E-state index in [2.05, 4.69) is 48.5 Å². The molecule has 0 aromatic heterocycles. The van der Waals surface area contributed by atoms with Crippen LogP contribution in [-0.4, -0.2) is 96.7 Å². The van der Waals surface area contributed by atoms with Gasteiger partial charge in [-0.1, -0.05) is 434 Å². The zero-order valence-corrected chi connectivity index (χ0v) is 74.5. The molecule has 0 rings (SSSR count). The van der Waals surface area contributed by atoms with Crippen LogP contribution in [0.25, 0.3) is 0 Å². The average molecular weight is 1610 g/mol. The molecule has 0 radical (unpaired) electrons. The van der Waals surface area contributed by atoms with Crippen molar-refractivity contribution in [2.75, 3.05) is 39.6 Å². The Morgan fingerprint density at radius 2 is 0.464 bits per heavy atom. The van der Waals surface area contributed by atoms with Crippen LogP contribution in [0.1, 0.15) is 485 Å². The Bertz CT molecular complexity index is 2120.